The van der Waals surface area contributed by atoms with Gasteiger partial charge in [0.1, 0.15) is 55.4 Å². The molecule has 0 saturated carbocycles. The van der Waals surface area contributed by atoms with E-state index in [1.165, 1.54) is 38.5 Å². The molecule has 0 radical (unpaired) electrons. The number of aliphatic hydroxyl groups excluding tert-OH is 7. The Labute approximate surface area is 393 Å². The van der Waals surface area contributed by atoms with Crippen molar-refractivity contribution in [3.8, 4) is 0 Å². The molecule has 0 bridgehead atoms. The van der Waals surface area contributed by atoms with E-state index < -0.39 is 99.3 Å². The average Bonchev–Trinajstić information content (AvgIpc) is 3.31. The number of aliphatic hydroxyl groups is 7. The first kappa shape index (κ1) is 59.1. The van der Waals surface area contributed by atoms with Crippen LogP contribution in [-0.2, 0) is 38.0 Å². The minimum Gasteiger partial charge on any atom is -0.462 e. The quantitative estimate of drug-likeness (QED) is 0.0209. The van der Waals surface area contributed by atoms with Crippen LogP contribution < -0.4 is 0 Å². The fraction of sp³-hybridized carbons (Fsp3) is 0.725. The molecule has 15 heteroatoms. The second-order valence-corrected chi connectivity index (χ2v) is 16.9. The van der Waals surface area contributed by atoms with Gasteiger partial charge in [0.25, 0.3) is 0 Å². The van der Waals surface area contributed by atoms with Crippen LogP contribution in [0.4, 0.5) is 0 Å². The van der Waals surface area contributed by atoms with Crippen LogP contribution in [0, 0.1) is 0 Å². The zero-order valence-electron chi connectivity index (χ0n) is 39.6. The zero-order valence-corrected chi connectivity index (χ0v) is 39.6. The third kappa shape index (κ3) is 25.9. The van der Waals surface area contributed by atoms with Crippen molar-refractivity contribution in [3.63, 3.8) is 0 Å². The molecule has 2 saturated heterocycles. The third-order valence-corrected chi connectivity index (χ3v) is 11.2. The first-order chi connectivity index (χ1) is 32.0. The fourth-order valence-corrected chi connectivity index (χ4v) is 7.12. The number of hydrogen-bond acceptors (Lipinski definition) is 15. The highest BCUT2D eigenvalue weighted by Gasteiger charge is 2.47. The van der Waals surface area contributed by atoms with E-state index in [1.807, 2.05) is 0 Å². The summed E-state index contributed by atoms with van der Waals surface area (Å²) in [6.45, 7) is 2.36. The molecule has 0 spiro atoms. The maximum Gasteiger partial charge on any atom is 0.306 e. The molecule has 4 unspecified atom stereocenters. The Bertz CT molecular complexity index is 1430. The summed E-state index contributed by atoms with van der Waals surface area (Å²) in [6, 6.07) is 0. The van der Waals surface area contributed by atoms with Gasteiger partial charge in [0.15, 0.2) is 18.7 Å². The van der Waals surface area contributed by atoms with E-state index in [2.05, 4.69) is 86.8 Å². The van der Waals surface area contributed by atoms with Gasteiger partial charge >= 0.3 is 11.9 Å². The van der Waals surface area contributed by atoms with Crippen molar-refractivity contribution in [3.05, 3.63) is 72.9 Å². The van der Waals surface area contributed by atoms with Crippen LogP contribution in [-0.4, -0.2) is 142 Å². The van der Waals surface area contributed by atoms with Gasteiger partial charge in [-0.25, -0.2) is 0 Å². The molecule has 66 heavy (non-hydrogen) atoms. The third-order valence-electron chi connectivity index (χ3n) is 11.2. The van der Waals surface area contributed by atoms with Crippen molar-refractivity contribution >= 4 is 11.9 Å². The topological polar surface area (TPSA) is 231 Å². The van der Waals surface area contributed by atoms with Crippen molar-refractivity contribution in [2.75, 3.05) is 26.4 Å². The number of ether oxygens (including phenoxy) is 6. The van der Waals surface area contributed by atoms with E-state index in [0.717, 1.165) is 64.2 Å². The average molecular weight is 937 g/mol. The highest BCUT2D eigenvalue weighted by Crippen LogP contribution is 2.26. The van der Waals surface area contributed by atoms with E-state index in [-0.39, 0.29) is 19.4 Å². The van der Waals surface area contributed by atoms with Crippen LogP contribution in [0.3, 0.4) is 0 Å². The molecule has 2 rings (SSSR count). The highest BCUT2D eigenvalue weighted by molar-refractivity contribution is 5.70. The van der Waals surface area contributed by atoms with Crippen LogP contribution in [0.25, 0.3) is 0 Å². The Morgan fingerprint density at radius 1 is 0.500 bits per heavy atom. The van der Waals surface area contributed by atoms with Crippen molar-refractivity contribution in [2.45, 2.75) is 210 Å². The molecule has 2 heterocycles. The van der Waals surface area contributed by atoms with Crippen LogP contribution in [0.1, 0.15) is 142 Å². The largest absolute Gasteiger partial charge is 0.462 e. The molecule has 0 aliphatic carbocycles. The number of carbonyl (C=O) groups is 2. The van der Waals surface area contributed by atoms with Crippen molar-refractivity contribution < 1.29 is 73.8 Å². The number of esters is 2. The Kier molecular flexibility index (Phi) is 33.9. The summed E-state index contributed by atoms with van der Waals surface area (Å²) in [5, 5.41) is 72.0. The minimum absolute atomic E-state index is 0.102. The number of hydrogen-bond donors (Lipinski definition) is 7. The Morgan fingerprint density at radius 3 is 1.50 bits per heavy atom. The second-order valence-electron chi connectivity index (χ2n) is 16.9. The van der Waals surface area contributed by atoms with Gasteiger partial charge in [-0.3, -0.25) is 9.59 Å². The molecule has 0 aromatic carbocycles. The van der Waals surface area contributed by atoms with E-state index in [0.29, 0.717) is 12.8 Å². The molecule has 0 amide bonds. The van der Waals surface area contributed by atoms with Gasteiger partial charge < -0.3 is 64.2 Å². The number of allylic oxidation sites excluding steroid dienone is 12. The van der Waals surface area contributed by atoms with Crippen molar-refractivity contribution in [1.29, 1.82) is 0 Å². The van der Waals surface area contributed by atoms with Gasteiger partial charge in [-0.1, -0.05) is 119 Å². The number of unbranched alkanes of at least 4 members (excludes halogenated alkanes) is 10. The standard InChI is InChI=1S/C51H84O15/c1-3-5-7-9-11-13-15-17-19-21-23-25-27-29-31-33-42(53)61-36-39(64-43(54)34-32-30-28-26-24-22-20-18-16-14-12-10-8-6-4-2)37-62-50-49(60)47(58)45(56)41(66-50)38-63-51-48(59)46(57)44(55)40(35-52)65-51/h6,8,12,14,17-20,23-26,39-41,44-52,55-60H,3-5,7,9-11,13,15-16,21-22,27-38H2,1-2H3/b8-6+,14-12+,19-17+,20-18+,25-23+,26-24+/t39-,40-,41-,44+,45+,46?,47?,48?,49?,50-,51-/m1/s1. The van der Waals surface area contributed by atoms with E-state index >= 15 is 0 Å². The first-order valence-electron chi connectivity index (χ1n) is 24.5. The Morgan fingerprint density at radius 2 is 0.955 bits per heavy atom. The van der Waals surface area contributed by atoms with Gasteiger partial charge in [0.2, 0.25) is 0 Å². The second kappa shape index (κ2) is 37.9. The molecule has 2 aliphatic heterocycles. The Hall–Kier alpha value is -3.06. The Balaban J connectivity index is 1.87. The van der Waals surface area contributed by atoms with Crippen molar-refractivity contribution in [2.24, 2.45) is 0 Å². The summed E-state index contributed by atoms with van der Waals surface area (Å²) >= 11 is 0. The SMILES string of the molecule is CC/C=C/C/C=C/C/C=C/C/C=C/CCCCC(=O)O[C@H](COC(=O)CCCC/C=C/C/C=C/CCCCCCCC)CO[C@@H]1O[C@H](CO[C@@H]2O[C@H](CO)[C@H](O)C(O)C2O)[C@H](O)C(O)C1O. The summed E-state index contributed by atoms with van der Waals surface area (Å²) in [6.07, 6.45) is 26.6. The van der Waals surface area contributed by atoms with Crippen LogP contribution in [0.2, 0.25) is 0 Å². The summed E-state index contributed by atoms with van der Waals surface area (Å²) in [7, 11) is 0. The minimum atomic E-state index is -1.78. The maximum atomic E-state index is 13.0. The van der Waals surface area contributed by atoms with Gasteiger partial charge in [0.05, 0.1) is 19.8 Å². The molecule has 15 nitrogen and oxygen atoms in total. The van der Waals surface area contributed by atoms with Crippen LogP contribution >= 0.6 is 0 Å². The lowest BCUT2D eigenvalue weighted by Gasteiger charge is -2.42. The molecule has 0 aromatic rings. The monoisotopic (exact) mass is 937 g/mol. The molecule has 2 aliphatic rings. The lowest BCUT2D eigenvalue weighted by atomic mass is 9.98. The molecule has 378 valence electrons. The zero-order chi connectivity index (χ0) is 48.2. The van der Waals surface area contributed by atoms with E-state index in [4.69, 9.17) is 28.4 Å². The van der Waals surface area contributed by atoms with Gasteiger partial charge in [-0.2, -0.15) is 0 Å². The summed E-state index contributed by atoms with van der Waals surface area (Å²) in [5.74, 6) is -1.02. The smallest absolute Gasteiger partial charge is 0.306 e. The normalized spacial score (nSPS) is 26.8. The van der Waals surface area contributed by atoms with E-state index in [9.17, 15) is 45.3 Å². The van der Waals surface area contributed by atoms with Gasteiger partial charge in [0, 0.05) is 12.8 Å². The molecule has 0 aromatic heterocycles. The maximum absolute atomic E-state index is 13.0. The van der Waals surface area contributed by atoms with Crippen molar-refractivity contribution in [1.82, 2.24) is 0 Å². The lowest BCUT2D eigenvalue weighted by Crippen LogP contribution is -2.61. The van der Waals surface area contributed by atoms with Crippen LogP contribution in [0.5, 0.6) is 0 Å². The van der Waals surface area contributed by atoms with Crippen LogP contribution in [0.15, 0.2) is 72.9 Å². The predicted octanol–water partition coefficient (Wildman–Crippen LogP) is 6.26. The first-order valence-corrected chi connectivity index (χ1v) is 24.5. The summed E-state index contributed by atoms with van der Waals surface area (Å²) in [4.78, 5) is 25.7. The molecular formula is C51H84O15. The fourth-order valence-electron chi connectivity index (χ4n) is 7.12. The van der Waals surface area contributed by atoms with Gasteiger partial charge in [-0.05, 0) is 83.5 Å². The molecule has 7 N–H and O–H groups in total. The number of carbonyl (C=O) groups excluding carboxylic acids is 2. The highest BCUT2D eigenvalue weighted by atomic mass is 16.7. The summed E-state index contributed by atoms with van der Waals surface area (Å²) in [5.41, 5.74) is 0. The number of rotatable bonds is 36. The molecule has 11 atom stereocenters. The summed E-state index contributed by atoms with van der Waals surface area (Å²) < 4.78 is 33.4. The lowest BCUT2D eigenvalue weighted by molar-refractivity contribution is -0.332. The van der Waals surface area contributed by atoms with Gasteiger partial charge in [-0.15, -0.1) is 0 Å². The molecule has 2 fully saturated rings. The molecular weight excluding hydrogens is 853 g/mol. The predicted molar refractivity (Wildman–Crippen MR) is 252 cm³/mol. The van der Waals surface area contributed by atoms with E-state index in [1.54, 1.807) is 0 Å².